The maximum atomic E-state index is 12.6. The summed E-state index contributed by atoms with van der Waals surface area (Å²) in [5.41, 5.74) is 2.06. The number of imidazole rings is 1. The second-order valence-corrected chi connectivity index (χ2v) is 7.41. The third kappa shape index (κ3) is 3.21. The molecule has 0 aliphatic carbocycles. The van der Waals surface area contributed by atoms with Gasteiger partial charge in [0.1, 0.15) is 11.4 Å². The molecule has 0 amide bonds. The lowest BCUT2D eigenvalue weighted by Gasteiger charge is -2.13. The van der Waals surface area contributed by atoms with E-state index in [2.05, 4.69) is 9.71 Å². The summed E-state index contributed by atoms with van der Waals surface area (Å²) in [5.74, 6) is 0.639. The lowest BCUT2D eigenvalue weighted by molar-refractivity contribution is 0.242. The molecule has 0 saturated carbocycles. The number of pyridine rings is 1. The quantitative estimate of drug-likeness (QED) is 0.770. The van der Waals surface area contributed by atoms with Gasteiger partial charge in [0.2, 0.25) is 0 Å². The van der Waals surface area contributed by atoms with Crippen LogP contribution in [-0.4, -0.2) is 23.9 Å². The van der Waals surface area contributed by atoms with Crippen LogP contribution in [0.1, 0.15) is 19.5 Å². The molecule has 2 aromatic heterocycles. The maximum absolute atomic E-state index is 12.6. The fraction of sp³-hybridized carbons (Fsp3) is 0.235. The van der Waals surface area contributed by atoms with Crippen LogP contribution in [0.15, 0.2) is 53.7 Å². The second kappa shape index (κ2) is 6.16. The number of rotatable bonds is 5. The number of nitrogens with zero attached hydrogens (tertiary/aromatic N) is 2. The van der Waals surface area contributed by atoms with Crippen LogP contribution in [0.4, 0.5) is 5.69 Å². The van der Waals surface area contributed by atoms with Crippen LogP contribution < -0.4 is 9.46 Å². The summed E-state index contributed by atoms with van der Waals surface area (Å²) in [6, 6.07) is 9.85. The number of anilines is 1. The summed E-state index contributed by atoms with van der Waals surface area (Å²) in [7, 11) is -3.67. The van der Waals surface area contributed by atoms with Crippen molar-refractivity contribution in [1.29, 1.82) is 0 Å². The van der Waals surface area contributed by atoms with Gasteiger partial charge < -0.3 is 9.14 Å². The molecule has 2 heterocycles. The van der Waals surface area contributed by atoms with Gasteiger partial charge in [-0.2, -0.15) is 0 Å². The van der Waals surface area contributed by atoms with Crippen LogP contribution in [0.5, 0.6) is 5.75 Å². The Bertz CT molecular complexity index is 960. The highest BCUT2D eigenvalue weighted by atomic mass is 32.2. The zero-order chi connectivity index (χ0) is 17.3. The van der Waals surface area contributed by atoms with Gasteiger partial charge in [-0.05, 0) is 57.2 Å². The molecule has 3 rings (SSSR count). The van der Waals surface area contributed by atoms with Crippen molar-refractivity contribution in [3.8, 4) is 5.75 Å². The minimum Gasteiger partial charge on any atom is -0.491 e. The monoisotopic (exact) mass is 345 g/mol. The summed E-state index contributed by atoms with van der Waals surface area (Å²) < 4.78 is 35.2. The first-order valence-electron chi connectivity index (χ1n) is 7.59. The standard InChI is InChI=1S/C17H19N3O3S/c1-12(2)23-14-4-6-15(7-5-14)24(21,22)19-16-8-9-17-18-10-11-20(17)13(16)3/h4-12,19H,1-3H3. The molecule has 1 N–H and O–H groups in total. The Morgan fingerprint density at radius 3 is 2.50 bits per heavy atom. The molecule has 0 aliphatic rings. The molecule has 0 unspecified atom stereocenters. The Hall–Kier alpha value is -2.54. The fourth-order valence-electron chi connectivity index (χ4n) is 2.41. The van der Waals surface area contributed by atoms with E-state index in [9.17, 15) is 8.42 Å². The Labute approximate surface area is 141 Å². The van der Waals surface area contributed by atoms with Gasteiger partial charge in [0, 0.05) is 18.1 Å². The van der Waals surface area contributed by atoms with Gasteiger partial charge in [-0.25, -0.2) is 13.4 Å². The van der Waals surface area contributed by atoms with Crippen molar-refractivity contribution in [3.05, 3.63) is 54.5 Å². The largest absolute Gasteiger partial charge is 0.491 e. The Balaban J connectivity index is 1.88. The zero-order valence-electron chi connectivity index (χ0n) is 13.7. The Morgan fingerprint density at radius 2 is 1.83 bits per heavy atom. The smallest absolute Gasteiger partial charge is 0.261 e. The molecular weight excluding hydrogens is 326 g/mol. The molecule has 0 saturated heterocycles. The molecule has 0 spiro atoms. The van der Waals surface area contributed by atoms with Crippen LogP contribution in [0.2, 0.25) is 0 Å². The first-order chi connectivity index (χ1) is 11.4. The van der Waals surface area contributed by atoms with Crippen molar-refractivity contribution in [2.75, 3.05) is 4.72 Å². The highest BCUT2D eigenvalue weighted by molar-refractivity contribution is 7.92. The number of hydrogen-bond donors (Lipinski definition) is 1. The number of ether oxygens (including phenoxy) is 1. The first-order valence-corrected chi connectivity index (χ1v) is 9.07. The maximum Gasteiger partial charge on any atom is 0.261 e. The molecule has 6 nitrogen and oxygen atoms in total. The van der Waals surface area contributed by atoms with E-state index in [0.717, 1.165) is 11.3 Å². The molecule has 24 heavy (non-hydrogen) atoms. The minimum atomic E-state index is -3.67. The molecule has 3 aromatic rings. The summed E-state index contributed by atoms with van der Waals surface area (Å²) in [6.07, 6.45) is 3.50. The third-order valence-corrected chi connectivity index (χ3v) is 4.95. The number of fused-ring (bicyclic) bond motifs is 1. The van der Waals surface area contributed by atoms with Crippen molar-refractivity contribution in [1.82, 2.24) is 9.38 Å². The van der Waals surface area contributed by atoms with Crippen LogP contribution in [0, 0.1) is 6.92 Å². The number of nitrogens with one attached hydrogen (secondary N) is 1. The predicted octanol–water partition coefficient (Wildman–Crippen LogP) is 3.23. The number of benzene rings is 1. The summed E-state index contributed by atoms with van der Waals surface area (Å²) in [6.45, 7) is 5.68. The molecule has 0 bridgehead atoms. The van der Waals surface area contributed by atoms with Crippen LogP contribution >= 0.6 is 0 Å². The van der Waals surface area contributed by atoms with Crippen LogP contribution in [0.25, 0.3) is 5.65 Å². The summed E-state index contributed by atoms with van der Waals surface area (Å²) >= 11 is 0. The van der Waals surface area contributed by atoms with E-state index >= 15 is 0 Å². The van der Waals surface area contributed by atoms with E-state index in [0.29, 0.717) is 11.4 Å². The van der Waals surface area contributed by atoms with Gasteiger partial charge in [-0.1, -0.05) is 0 Å². The van der Waals surface area contributed by atoms with Gasteiger partial charge in [0.05, 0.1) is 16.7 Å². The van der Waals surface area contributed by atoms with Gasteiger partial charge in [0.15, 0.2) is 0 Å². The van der Waals surface area contributed by atoms with Gasteiger partial charge >= 0.3 is 0 Å². The Morgan fingerprint density at radius 1 is 1.12 bits per heavy atom. The molecule has 0 radical (unpaired) electrons. The molecular formula is C17H19N3O3S. The molecule has 126 valence electrons. The highest BCUT2D eigenvalue weighted by Crippen LogP contribution is 2.22. The third-order valence-electron chi connectivity index (χ3n) is 3.57. The summed E-state index contributed by atoms with van der Waals surface area (Å²) in [5, 5.41) is 0. The first kappa shape index (κ1) is 16.3. The lowest BCUT2D eigenvalue weighted by Crippen LogP contribution is -2.14. The van der Waals surface area contributed by atoms with E-state index in [1.165, 1.54) is 12.1 Å². The van der Waals surface area contributed by atoms with Gasteiger partial charge in [-0.3, -0.25) is 4.72 Å². The van der Waals surface area contributed by atoms with Crippen LogP contribution in [0.3, 0.4) is 0 Å². The zero-order valence-corrected chi connectivity index (χ0v) is 14.5. The summed E-state index contributed by atoms with van der Waals surface area (Å²) in [4.78, 5) is 4.36. The molecule has 0 atom stereocenters. The van der Waals surface area contributed by atoms with Crippen molar-refractivity contribution < 1.29 is 13.2 Å². The number of hydrogen-bond acceptors (Lipinski definition) is 4. The molecule has 7 heteroatoms. The number of aryl methyl sites for hydroxylation is 1. The number of sulfonamides is 1. The average Bonchev–Trinajstić information content (AvgIpc) is 2.99. The fourth-order valence-corrected chi connectivity index (χ4v) is 3.53. The van der Waals surface area contributed by atoms with Crippen molar-refractivity contribution in [2.24, 2.45) is 0 Å². The van der Waals surface area contributed by atoms with Crippen molar-refractivity contribution in [3.63, 3.8) is 0 Å². The van der Waals surface area contributed by atoms with Crippen molar-refractivity contribution >= 4 is 21.4 Å². The lowest BCUT2D eigenvalue weighted by atomic mass is 10.3. The van der Waals surface area contributed by atoms with E-state index < -0.39 is 10.0 Å². The minimum absolute atomic E-state index is 0.0372. The molecule has 0 fully saturated rings. The highest BCUT2D eigenvalue weighted by Gasteiger charge is 2.16. The van der Waals surface area contributed by atoms with E-state index in [1.54, 1.807) is 36.7 Å². The predicted molar refractivity (Wildman–Crippen MR) is 92.9 cm³/mol. The SMILES string of the molecule is Cc1c(NS(=O)(=O)c2ccc(OC(C)C)cc2)ccc2nccn12. The number of aromatic nitrogens is 2. The molecule has 0 aliphatic heterocycles. The average molecular weight is 345 g/mol. The van der Waals surface area contributed by atoms with E-state index in [1.807, 2.05) is 25.2 Å². The van der Waals surface area contributed by atoms with Crippen LogP contribution in [-0.2, 0) is 10.0 Å². The Kier molecular flexibility index (Phi) is 4.19. The normalized spacial score (nSPS) is 11.8. The van der Waals surface area contributed by atoms with E-state index in [-0.39, 0.29) is 11.0 Å². The van der Waals surface area contributed by atoms with E-state index in [4.69, 9.17) is 4.74 Å². The van der Waals surface area contributed by atoms with Gasteiger partial charge in [0.25, 0.3) is 10.0 Å². The molecule has 1 aromatic carbocycles. The second-order valence-electron chi connectivity index (χ2n) is 5.73. The van der Waals surface area contributed by atoms with Crippen molar-refractivity contribution in [2.45, 2.75) is 31.8 Å². The topological polar surface area (TPSA) is 72.7 Å². The van der Waals surface area contributed by atoms with Gasteiger partial charge in [-0.15, -0.1) is 0 Å².